The molecule has 300 valence electrons. The van der Waals surface area contributed by atoms with E-state index in [9.17, 15) is 0 Å². The van der Waals surface area contributed by atoms with E-state index in [1.807, 2.05) is 26.0 Å². The molecule has 2 heterocycles. The van der Waals surface area contributed by atoms with Gasteiger partial charge >= 0.3 is 0 Å². The van der Waals surface area contributed by atoms with Crippen LogP contribution in [0.25, 0.3) is 5.57 Å². The summed E-state index contributed by atoms with van der Waals surface area (Å²) in [7, 11) is 6.95. The number of ether oxygens (including phenoxy) is 4. The number of nitrogens with one attached hydrogen (secondary N) is 1. The Hall–Kier alpha value is -4.88. The van der Waals surface area contributed by atoms with Crippen LogP contribution in [0.5, 0.6) is 23.0 Å². The van der Waals surface area contributed by atoms with Crippen molar-refractivity contribution in [3.05, 3.63) is 131 Å². The number of hydrogen-bond acceptors (Lipinski definition) is 7. The van der Waals surface area contributed by atoms with Gasteiger partial charge in [0.15, 0.2) is 11.5 Å². The second-order valence-corrected chi connectivity index (χ2v) is 14.7. The summed E-state index contributed by atoms with van der Waals surface area (Å²) >= 11 is 0. The molecule has 7 heteroatoms. The normalized spacial score (nSPS) is 17.8. The van der Waals surface area contributed by atoms with Gasteiger partial charge in [0.1, 0.15) is 11.5 Å². The number of benzene rings is 3. The second kappa shape index (κ2) is 21.4. The Balaban J connectivity index is 0.00000295. The molecular formula is C49H65N3O4. The van der Waals surface area contributed by atoms with E-state index in [-0.39, 0.29) is 6.04 Å². The summed E-state index contributed by atoms with van der Waals surface area (Å²) in [5.41, 5.74) is 8.62. The number of methoxy groups -OCH3 is 4. The molecule has 1 N–H and O–H groups in total. The summed E-state index contributed by atoms with van der Waals surface area (Å²) in [5.74, 6) is 4.00. The third-order valence-corrected chi connectivity index (χ3v) is 10.9. The predicted molar refractivity (Wildman–Crippen MR) is 235 cm³/mol. The third-order valence-electron chi connectivity index (χ3n) is 10.9. The maximum atomic E-state index is 5.84. The molecule has 1 aliphatic carbocycles. The topological polar surface area (TPSA) is 55.4 Å². The molecule has 1 saturated carbocycles. The minimum absolute atomic E-state index is 0.0941. The highest BCUT2D eigenvalue weighted by molar-refractivity contribution is 5.71. The van der Waals surface area contributed by atoms with Gasteiger partial charge in [0.05, 0.1) is 34.5 Å². The Labute approximate surface area is 337 Å². The highest BCUT2D eigenvalue weighted by Gasteiger charge is 2.30. The molecule has 0 spiro atoms. The number of unbranched alkanes of at least 4 members (excludes halogenated alkanes) is 1. The van der Waals surface area contributed by atoms with Crippen LogP contribution >= 0.6 is 0 Å². The fourth-order valence-electron chi connectivity index (χ4n) is 7.72. The van der Waals surface area contributed by atoms with Crippen LogP contribution in [0.15, 0.2) is 114 Å². The average Bonchev–Trinajstić information content (AvgIpc) is 4.11. The first-order valence-corrected chi connectivity index (χ1v) is 20.6. The molecule has 56 heavy (non-hydrogen) atoms. The van der Waals surface area contributed by atoms with Gasteiger partial charge < -0.3 is 29.2 Å². The van der Waals surface area contributed by atoms with Crippen molar-refractivity contribution in [1.29, 1.82) is 0 Å². The maximum absolute atomic E-state index is 5.84. The minimum atomic E-state index is 0.0941. The van der Waals surface area contributed by atoms with Crippen LogP contribution in [0.2, 0.25) is 0 Å². The molecule has 3 aromatic rings. The summed E-state index contributed by atoms with van der Waals surface area (Å²) in [6.07, 6.45) is 22.6. The van der Waals surface area contributed by atoms with Crippen molar-refractivity contribution in [2.45, 2.75) is 84.2 Å². The SMILES string of the molecule is CC.CCC\C=C/C=C(\C=C(/C)c1cc(OC)c(OC)c(C2CC2)c1)CN(c1ccc(OC)cc1)C1CCN(CC2=CC(c3ccccc3OC)NC=C2)CC1. The summed E-state index contributed by atoms with van der Waals surface area (Å²) in [4.78, 5) is 5.22. The first-order valence-electron chi connectivity index (χ1n) is 20.6. The van der Waals surface area contributed by atoms with Crippen LogP contribution in [0.4, 0.5) is 5.69 Å². The van der Waals surface area contributed by atoms with Crippen LogP contribution < -0.4 is 29.2 Å². The van der Waals surface area contributed by atoms with Gasteiger partial charge in [0, 0.05) is 49.0 Å². The van der Waals surface area contributed by atoms with Crippen LogP contribution in [-0.2, 0) is 0 Å². The van der Waals surface area contributed by atoms with Gasteiger partial charge in [-0.1, -0.05) is 75.8 Å². The van der Waals surface area contributed by atoms with E-state index in [2.05, 4.69) is 120 Å². The number of likely N-dealkylation sites (tertiary alicyclic amines) is 1. The summed E-state index contributed by atoms with van der Waals surface area (Å²) in [6, 6.07) is 21.8. The maximum Gasteiger partial charge on any atom is 0.164 e. The fraction of sp³-hybridized carbons (Fsp3) is 0.429. The molecule has 3 aromatic carbocycles. The zero-order valence-electron chi connectivity index (χ0n) is 35.1. The highest BCUT2D eigenvalue weighted by Crippen LogP contribution is 2.48. The van der Waals surface area contributed by atoms with Gasteiger partial charge in [-0.25, -0.2) is 0 Å². The first kappa shape index (κ1) is 42.3. The molecule has 3 aliphatic rings. The van der Waals surface area contributed by atoms with E-state index in [1.165, 1.54) is 46.4 Å². The molecule has 7 nitrogen and oxygen atoms in total. The van der Waals surface area contributed by atoms with Crippen molar-refractivity contribution in [2.24, 2.45) is 0 Å². The van der Waals surface area contributed by atoms with Crippen molar-refractivity contribution in [1.82, 2.24) is 10.2 Å². The van der Waals surface area contributed by atoms with Gasteiger partial charge in [-0.05, 0) is 122 Å². The molecule has 1 saturated heterocycles. The predicted octanol–water partition coefficient (Wildman–Crippen LogP) is 11.1. The average molecular weight is 760 g/mol. The molecule has 0 aromatic heterocycles. The molecule has 6 rings (SSSR count). The molecule has 2 aliphatic heterocycles. The lowest BCUT2D eigenvalue weighted by Gasteiger charge is -2.40. The van der Waals surface area contributed by atoms with Gasteiger partial charge in [-0.2, -0.15) is 0 Å². The van der Waals surface area contributed by atoms with E-state index in [4.69, 9.17) is 18.9 Å². The Morgan fingerprint density at radius 3 is 2.25 bits per heavy atom. The van der Waals surface area contributed by atoms with Crippen LogP contribution in [0, 0.1) is 0 Å². The van der Waals surface area contributed by atoms with Gasteiger partial charge in [-0.3, -0.25) is 4.90 Å². The lowest BCUT2D eigenvalue weighted by atomic mass is 9.97. The van der Waals surface area contributed by atoms with Crippen molar-refractivity contribution in [2.75, 3.05) is 59.5 Å². The molecule has 0 amide bonds. The lowest BCUT2D eigenvalue weighted by Crippen LogP contribution is -2.46. The zero-order valence-corrected chi connectivity index (χ0v) is 35.1. The van der Waals surface area contributed by atoms with E-state index in [0.29, 0.717) is 12.0 Å². The Morgan fingerprint density at radius 2 is 1.59 bits per heavy atom. The number of hydrogen-bond donors (Lipinski definition) is 1. The van der Waals surface area contributed by atoms with Gasteiger partial charge in [0.2, 0.25) is 0 Å². The molecule has 0 radical (unpaired) electrons. The summed E-state index contributed by atoms with van der Waals surface area (Å²) in [6.45, 7) is 12.3. The number of anilines is 1. The Bertz CT molecular complexity index is 1850. The largest absolute Gasteiger partial charge is 0.497 e. The number of para-hydroxylation sites is 1. The number of allylic oxidation sites excluding steroid dienone is 4. The molecule has 1 unspecified atom stereocenters. The van der Waals surface area contributed by atoms with E-state index in [1.54, 1.807) is 28.4 Å². The highest BCUT2D eigenvalue weighted by atomic mass is 16.5. The van der Waals surface area contributed by atoms with Crippen molar-refractivity contribution in [3.63, 3.8) is 0 Å². The number of rotatable bonds is 17. The third kappa shape index (κ3) is 11.1. The van der Waals surface area contributed by atoms with E-state index < -0.39 is 0 Å². The van der Waals surface area contributed by atoms with Crippen molar-refractivity contribution in [3.8, 4) is 23.0 Å². The summed E-state index contributed by atoms with van der Waals surface area (Å²) in [5, 5.41) is 3.51. The van der Waals surface area contributed by atoms with Gasteiger partial charge in [0.25, 0.3) is 0 Å². The van der Waals surface area contributed by atoms with Crippen LogP contribution in [-0.4, -0.2) is 65.6 Å². The summed E-state index contributed by atoms with van der Waals surface area (Å²) < 4.78 is 22.9. The lowest BCUT2D eigenvalue weighted by molar-refractivity contribution is 0.225. The fourth-order valence-corrected chi connectivity index (χ4v) is 7.72. The van der Waals surface area contributed by atoms with Crippen LogP contribution in [0.3, 0.4) is 0 Å². The van der Waals surface area contributed by atoms with Crippen molar-refractivity contribution >= 4 is 11.3 Å². The number of nitrogens with zero attached hydrogens (tertiary/aromatic N) is 2. The van der Waals surface area contributed by atoms with Gasteiger partial charge in [-0.15, -0.1) is 0 Å². The molecule has 2 fully saturated rings. The Kier molecular flexibility index (Phi) is 16.2. The van der Waals surface area contributed by atoms with Crippen molar-refractivity contribution < 1.29 is 18.9 Å². The van der Waals surface area contributed by atoms with Crippen LogP contribution in [0.1, 0.15) is 94.9 Å². The standard InChI is InChI=1S/C47H59N3O4.C2H6/c1-7-8-9-10-13-35(28-34(2)38-30-43(37-16-17-37)47(54-6)46(31-38)53-5)33-50(39-18-20-41(51-3)21-19-39)40-23-26-49(27-24-40)32-36-22-25-48-44(29-36)42-14-11-12-15-45(42)52-4;1-2/h9-15,18-22,25,28-31,37,40,44,48H,7-8,16-17,23-24,26-27,32-33H2,1-6H3;1-2H3/b10-9-,34-28+,35-13+;. The first-order chi connectivity index (χ1) is 27.4. The zero-order chi connectivity index (χ0) is 39.9. The van der Waals surface area contributed by atoms with E-state index in [0.717, 1.165) is 80.4 Å². The molecule has 0 bridgehead atoms. The Morgan fingerprint density at radius 1 is 0.857 bits per heavy atom. The molecule has 1 atom stereocenters. The van der Waals surface area contributed by atoms with E-state index >= 15 is 0 Å². The second-order valence-electron chi connectivity index (χ2n) is 14.7. The number of dihydropyridines is 1. The number of piperidine rings is 1. The molecular weight excluding hydrogens is 695 g/mol. The monoisotopic (exact) mass is 759 g/mol. The minimum Gasteiger partial charge on any atom is -0.497 e. The quantitative estimate of drug-likeness (QED) is 0.138. The smallest absolute Gasteiger partial charge is 0.164 e.